The fourth-order valence-electron chi connectivity index (χ4n) is 2.03. The Kier molecular flexibility index (Phi) is 4.23. The standard InChI is InChI=1S/C16H15ClO2/c1-11-6-8-12(9-7-11)14(16(18)19)10-13-4-2-3-5-15(13)17/h2-9,14H,10H2,1H3,(H,18,19). The minimum absolute atomic E-state index is 0.401. The molecule has 0 heterocycles. The lowest BCUT2D eigenvalue weighted by Gasteiger charge is -2.14. The number of aryl methyl sites for hydroxylation is 1. The Morgan fingerprint density at radius 3 is 2.37 bits per heavy atom. The molecule has 2 nitrogen and oxygen atoms in total. The molecule has 2 aromatic rings. The van der Waals surface area contributed by atoms with Gasteiger partial charge in [0.25, 0.3) is 0 Å². The van der Waals surface area contributed by atoms with Crippen molar-refractivity contribution in [1.29, 1.82) is 0 Å². The molecule has 1 atom stereocenters. The van der Waals surface area contributed by atoms with Crippen molar-refractivity contribution in [3.8, 4) is 0 Å². The summed E-state index contributed by atoms with van der Waals surface area (Å²) in [6.07, 6.45) is 0.401. The van der Waals surface area contributed by atoms with Crippen LogP contribution in [0, 0.1) is 6.92 Å². The normalized spacial score (nSPS) is 12.1. The zero-order valence-electron chi connectivity index (χ0n) is 10.6. The lowest BCUT2D eigenvalue weighted by atomic mass is 9.91. The van der Waals surface area contributed by atoms with Crippen molar-refractivity contribution in [1.82, 2.24) is 0 Å². The number of carboxylic acids is 1. The van der Waals surface area contributed by atoms with E-state index in [0.717, 1.165) is 16.7 Å². The Bertz CT molecular complexity index is 576. The lowest BCUT2D eigenvalue weighted by Crippen LogP contribution is -2.14. The highest BCUT2D eigenvalue weighted by atomic mass is 35.5. The maximum atomic E-state index is 11.5. The minimum Gasteiger partial charge on any atom is -0.481 e. The second-order valence-corrected chi connectivity index (χ2v) is 5.00. The third kappa shape index (κ3) is 3.36. The van der Waals surface area contributed by atoms with Crippen LogP contribution in [0.3, 0.4) is 0 Å². The first-order chi connectivity index (χ1) is 9.08. The quantitative estimate of drug-likeness (QED) is 0.913. The van der Waals surface area contributed by atoms with Crippen LogP contribution < -0.4 is 0 Å². The van der Waals surface area contributed by atoms with Crippen LogP contribution in [0.2, 0.25) is 5.02 Å². The van der Waals surface area contributed by atoms with Gasteiger partial charge in [-0.25, -0.2) is 0 Å². The third-order valence-electron chi connectivity index (χ3n) is 3.16. The molecule has 0 saturated carbocycles. The van der Waals surface area contributed by atoms with Crippen LogP contribution in [-0.2, 0) is 11.2 Å². The van der Waals surface area contributed by atoms with Crippen LogP contribution in [0.5, 0.6) is 0 Å². The molecular formula is C16H15ClO2. The molecule has 0 radical (unpaired) electrons. The summed E-state index contributed by atoms with van der Waals surface area (Å²) in [5.74, 6) is -1.40. The molecule has 19 heavy (non-hydrogen) atoms. The molecule has 0 fully saturated rings. The first kappa shape index (κ1) is 13.6. The van der Waals surface area contributed by atoms with Crippen molar-refractivity contribution >= 4 is 17.6 Å². The average Bonchev–Trinajstić information content (AvgIpc) is 2.39. The number of hydrogen-bond donors (Lipinski definition) is 1. The van der Waals surface area contributed by atoms with Gasteiger partial charge in [-0.05, 0) is 30.5 Å². The van der Waals surface area contributed by atoms with Gasteiger partial charge >= 0.3 is 5.97 Å². The van der Waals surface area contributed by atoms with Gasteiger partial charge in [-0.15, -0.1) is 0 Å². The van der Waals surface area contributed by atoms with Gasteiger partial charge in [0.15, 0.2) is 0 Å². The summed E-state index contributed by atoms with van der Waals surface area (Å²) in [7, 11) is 0. The molecule has 0 bridgehead atoms. The average molecular weight is 275 g/mol. The number of benzene rings is 2. The van der Waals surface area contributed by atoms with E-state index in [9.17, 15) is 9.90 Å². The zero-order valence-corrected chi connectivity index (χ0v) is 11.4. The van der Waals surface area contributed by atoms with Crippen molar-refractivity contribution in [2.24, 2.45) is 0 Å². The fraction of sp³-hybridized carbons (Fsp3) is 0.188. The molecule has 0 spiro atoms. The summed E-state index contributed by atoms with van der Waals surface area (Å²) >= 11 is 6.09. The Labute approximate surface area is 117 Å². The molecule has 0 aliphatic rings. The van der Waals surface area contributed by atoms with Crippen LogP contribution in [0.4, 0.5) is 0 Å². The maximum Gasteiger partial charge on any atom is 0.311 e. The molecule has 1 unspecified atom stereocenters. The third-order valence-corrected chi connectivity index (χ3v) is 3.53. The van der Waals surface area contributed by atoms with Crippen molar-refractivity contribution in [2.45, 2.75) is 19.3 Å². The van der Waals surface area contributed by atoms with Crippen molar-refractivity contribution in [3.63, 3.8) is 0 Å². The molecule has 0 amide bonds. The highest BCUT2D eigenvalue weighted by Gasteiger charge is 2.21. The summed E-state index contributed by atoms with van der Waals surface area (Å²) in [5.41, 5.74) is 2.78. The predicted molar refractivity (Wildman–Crippen MR) is 76.7 cm³/mol. The van der Waals surface area contributed by atoms with Crippen LogP contribution in [-0.4, -0.2) is 11.1 Å². The topological polar surface area (TPSA) is 37.3 Å². The summed E-state index contributed by atoms with van der Waals surface area (Å²) in [6.45, 7) is 1.98. The second-order valence-electron chi connectivity index (χ2n) is 4.60. The van der Waals surface area contributed by atoms with E-state index in [2.05, 4.69) is 0 Å². The van der Waals surface area contributed by atoms with E-state index >= 15 is 0 Å². The summed E-state index contributed by atoms with van der Waals surface area (Å²) in [5, 5.41) is 10.0. The van der Waals surface area contributed by atoms with Gasteiger partial charge in [-0.1, -0.05) is 59.6 Å². The Morgan fingerprint density at radius 1 is 1.16 bits per heavy atom. The molecule has 3 heteroatoms. The maximum absolute atomic E-state index is 11.5. The molecule has 98 valence electrons. The van der Waals surface area contributed by atoms with E-state index in [0.29, 0.717) is 11.4 Å². The van der Waals surface area contributed by atoms with Gasteiger partial charge in [0, 0.05) is 5.02 Å². The molecule has 2 rings (SSSR count). The van der Waals surface area contributed by atoms with Crippen LogP contribution in [0.15, 0.2) is 48.5 Å². The molecular weight excluding hydrogens is 260 g/mol. The highest BCUT2D eigenvalue weighted by Crippen LogP contribution is 2.25. The number of rotatable bonds is 4. The van der Waals surface area contributed by atoms with E-state index in [4.69, 9.17) is 11.6 Å². The Balaban J connectivity index is 2.29. The van der Waals surface area contributed by atoms with E-state index < -0.39 is 11.9 Å². The number of aliphatic carboxylic acids is 1. The van der Waals surface area contributed by atoms with E-state index in [-0.39, 0.29) is 0 Å². The first-order valence-corrected chi connectivity index (χ1v) is 6.48. The van der Waals surface area contributed by atoms with Gasteiger partial charge in [0.05, 0.1) is 5.92 Å². The highest BCUT2D eigenvalue weighted by molar-refractivity contribution is 6.31. The molecule has 0 saturated heterocycles. The minimum atomic E-state index is -0.830. The van der Waals surface area contributed by atoms with Gasteiger partial charge in [-0.3, -0.25) is 4.79 Å². The van der Waals surface area contributed by atoms with E-state index in [1.807, 2.05) is 49.4 Å². The lowest BCUT2D eigenvalue weighted by molar-refractivity contribution is -0.138. The Hall–Kier alpha value is -1.80. The largest absolute Gasteiger partial charge is 0.481 e. The number of carbonyl (C=O) groups is 1. The number of carboxylic acid groups (broad SMARTS) is 1. The second kappa shape index (κ2) is 5.89. The van der Waals surface area contributed by atoms with Gasteiger partial charge in [-0.2, -0.15) is 0 Å². The van der Waals surface area contributed by atoms with Gasteiger partial charge in [0.1, 0.15) is 0 Å². The number of halogens is 1. The molecule has 1 N–H and O–H groups in total. The fourth-order valence-corrected chi connectivity index (χ4v) is 2.24. The smallest absolute Gasteiger partial charge is 0.311 e. The number of hydrogen-bond acceptors (Lipinski definition) is 1. The van der Waals surface area contributed by atoms with Crippen LogP contribution >= 0.6 is 11.6 Å². The Morgan fingerprint density at radius 2 is 1.79 bits per heavy atom. The molecule has 0 aliphatic carbocycles. The van der Waals surface area contributed by atoms with Crippen LogP contribution in [0.1, 0.15) is 22.6 Å². The molecule has 0 aromatic heterocycles. The van der Waals surface area contributed by atoms with E-state index in [1.165, 1.54) is 0 Å². The predicted octanol–water partition coefficient (Wildman–Crippen LogP) is 4.06. The SMILES string of the molecule is Cc1ccc(C(Cc2ccccc2Cl)C(=O)O)cc1. The van der Waals surface area contributed by atoms with Crippen molar-refractivity contribution < 1.29 is 9.90 Å². The van der Waals surface area contributed by atoms with Crippen LogP contribution in [0.25, 0.3) is 0 Å². The summed E-state index contributed by atoms with van der Waals surface area (Å²) < 4.78 is 0. The zero-order chi connectivity index (χ0) is 13.8. The molecule has 2 aromatic carbocycles. The summed E-state index contributed by atoms with van der Waals surface area (Å²) in [6, 6.07) is 15.0. The van der Waals surface area contributed by atoms with Gasteiger partial charge < -0.3 is 5.11 Å². The summed E-state index contributed by atoms with van der Waals surface area (Å²) in [4.78, 5) is 11.5. The van der Waals surface area contributed by atoms with Crippen molar-refractivity contribution in [2.75, 3.05) is 0 Å². The first-order valence-electron chi connectivity index (χ1n) is 6.10. The van der Waals surface area contributed by atoms with Gasteiger partial charge in [0.2, 0.25) is 0 Å². The monoisotopic (exact) mass is 274 g/mol. The van der Waals surface area contributed by atoms with E-state index in [1.54, 1.807) is 6.07 Å². The van der Waals surface area contributed by atoms with Crippen molar-refractivity contribution in [3.05, 3.63) is 70.2 Å². The molecule has 0 aliphatic heterocycles.